The molecule has 0 atom stereocenters. The minimum Gasteiger partial charge on any atom is -0.310 e. The van der Waals surface area contributed by atoms with Gasteiger partial charge in [0, 0.05) is 27.8 Å². The van der Waals surface area contributed by atoms with Crippen LogP contribution in [-0.4, -0.2) is 0 Å². The van der Waals surface area contributed by atoms with Gasteiger partial charge in [-0.3, -0.25) is 0 Å². The molecule has 0 spiro atoms. The molecule has 0 fully saturated rings. The molecule has 0 saturated carbocycles. The second-order valence-electron chi connectivity index (χ2n) is 15.8. The molecule has 10 rings (SSSR count). The fourth-order valence-corrected chi connectivity index (χ4v) is 9.22. The lowest BCUT2D eigenvalue weighted by Gasteiger charge is -2.30. The first-order valence-corrected chi connectivity index (χ1v) is 18.8. The van der Waals surface area contributed by atoms with E-state index in [0.29, 0.717) is 0 Å². The van der Waals surface area contributed by atoms with Crippen molar-refractivity contribution < 1.29 is 0 Å². The first-order chi connectivity index (χ1) is 25.8. The van der Waals surface area contributed by atoms with Crippen LogP contribution in [0.5, 0.6) is 0 Å². The van der Waals surface area contributed by atoms with Gasteiger partial charge in [-0.25, -0.2) is 0 Å². The summed E-state index contributed by atoms with van der Waals surface area (Å²) in [6.07, 6.45) is 0. The molecule has 0 amide bonds. The van der Waals surface area contributed by atoms with Crippen LogP contribution in [0.3, 0.4) is 0 Å². The van der Waals surface area contributed by atoms with Crippen molar-refractivity contribution in [3.8, 4) is 44.5 Å². The summed E-state index contributed by atoms with van der Waals surface area (Å²) in [4.78, 5) is 2.49. The molecule has 1 heteroatoms. The van der Waals surface area contributed by atoms with E-state index < -0.39 is 0 Å². The van der Waals surface area contributed by atoms with Gasteiger partial charge in [0.15, 0.2) is 0 Å². The molecule has 0 N–H and O–H groups in total. The summed E-state index contributed by atoms with van der Waals surface area (Å²) >= 11 is 0. The molecular weight excluding hydrogens is 639 g/mol. The largest absolute Gasteiger partial charge is 0.310 e. The van der Waals surface area contributed by atoms with Crippen molar-refractivity contribution in [2.75, 3.05) is 4.90 Å². The van der Waals surface area contributed by atoms with E-state index in [-0.39, 0.29) is 10.8 Å². The molecular formula is C52H41N. The average molecular weight is 680 g/mol. The maximum absolute atomic E-state index is 2.49. The van der Waals surface area contributed by atoms with Gasteiger partial charge in [-0.15, -0.1) is 0 Å². The Hall–Kier alpha value is -6.18. The van der Waals surface area contributed by atoms with Crippen molar-refractivity contribution >= 4 is 27.8 Å². The summed E-state index contributed by atoms with van der Waals surface area (Å²) in [6.45, 7) is 9.46. The molecule has 8 aromatic carbocycles. The van der Waals surface area contributed by atoms with Gasteiger partial charge in [0.1, 0.15) is 0 Å². The van der Waals surface area contributed by atoms with E-state index in [2.05, 4.69) is 209 Å². The van der Waals surface area contributed by atoms with Crippen LogP contribution in [0.25, 0.3) is 55.3 Å². The van der Waals surface area contributed by atoms with Crippen LogP contribution in [0.1, 0.15) is 49.9 Å². The summed E-state index contributed by atoms with van der Waals surface area (Å²) in [5.74, 6) is 0. The molecule has 0 radical (unpaired) electrons. The van der Waals surface area contributed by atoms with Gasteiger partial charge < -0.3 is 4.90 Å². The van der Waals surface area contributed by atoms with E-state index in [1.54, 1.807) is 0 Å². The number of rotatable bonds is 5. The zero-order valence-corrected chi connectivity index (χ0v) is 30.7. The maximum Gasteiger partial charge on any atom is 0.0543 e. The van der Waals surface area contributed by atoms with Gasteiger partial charge >= 0.3 is 0 Å². The van der Waals surface area contributed by atoms with Crippen molar-refractivity contribution in [1.29, 1.82) is 0 Å². The monoisotopic (exact) mass is 679 g/mol. The van der Waals surface area contributed by atoms with Gasteiger partial charge in [-0.05, 0) is 114 Å². The third-order valence-electron chi connectivity index (χ3n) is 12.1. The van der Waals surface area contributed by atoms with Crippen LogP contribution in [-0.2, 0) is 10.8 Å². The van der Waals surface area contributed by atoms with Crippen molar-refractivity contribution in [3.63, 3.8) is 0 Å². The second-order valence-corrected chi connectivity index (χ2v) is 15.8. The van der Waals surface area contributed by atoms with Gasteiger partial charge in [0.2, 0.25) is 0 Å². The molecule has 0 aromatic heterocycles. The third kappa shape index (κ3) is 4.84. The van der Waals surface area contributed by atoms with E-state index in [9.17, 15) is 0 Å². The number of nitrogens with zero attached hydrogens (tertiary/aromatic N) is 1. The Morgan fingerprint density at radius 2 is 0.849 bits per heavy atom. The van der Waals surface area contributed by atoms with Crippen molar-refractivity contribution in [1.82, 2.24) is 0 Å². The van der Waals surface area contributed by atoms with Crippen LogP contribution in [0, 0.1) is 0 Å². The summed E-state index contributed by atoms with van der Waals surface area (Å²) in [5.41, 5.74) is 19.1. The Morgan fingerprint density at radius 1 is 0.340 bits per heavy atom. The lowest BCUT2D eigenvalue weighted by molar-refractivity contribution is 0.660. The highest BCUT2D eigenvalue weighted by Crippen LogP contribution is 2.55. The Balaban J connectivity index is 1.10. The topological polar surface area (TPSA) is 3.24 Å². The molecule has 2 aliphatic rings. The highest BCUT2D eigenvalue weighted by Gasteiger charge is 2.39. The Morgan fingerprint density at radius 3 is 1.55 bits per heavy atom. The second kappa shape index (κ2) is 11.7. The molecule has 0 bridgehead atoms. The zero-order chi connectivity index (χ0) is 35.9. The molecule has 0 aliphatic heterocycles. The predicted molar refractivity (Wildman–Crippen MR) is 225 cm³/mol. The van der Waals surface area contributed by atoms with E-state index in [0.717, 1.165) is 5.69 Å². The third-order valence-corrected chi connectivity index (χ3v) is 12.1. The first-order valence-electron chi connectivity index (χ1n) is 18.8. The minimum absolute atomic E-state index is 0.0863. The van der Waals surface area contributed by atoms with Crippen LogP contribution in [0.2, 0.25) is 0 Å². The van der Waals surface area contributed by atoms with E-state index in [1.165, 1.54) is 88.9 Å². The highest BCUT2D eigenvalue weighted by atomic mass is 15.1. The number of anilines is 3. The maximum atomic E-state index is 2.49. The molecule has 0 saturated heterocycles. The van der Waals surface area contributed by atoms with E-state index in [1.807, 2.05) is 0 Å². The molecule has 1 nitrogen and oxygen atoms in total. The summed E-state index contributed by atoms with van der Waals surface area (Å²) < 4.78 is 0. The van der Waals surface area contributed by atoms with Crippen LogP contribution in [0.15, 0.2) is 176 Å². The lowest BCUT2D eigenvalue weighted by atomic mass is 9.82. The minimum atomic E-state index is -0.0946. The quantitative estimate of drug-likeness (QED) is 0.175. The standard InChI is InChI=1S/C52H41N/c1-51(2)46-18-11-9-16-44(46)50-47(51)19-12-20-49(50)53(41-29-30-43-42-15-8-10-17-45(42)52(3,4)48(43)33-41)40-27-25-35(26-28-40)37-22-24-38-31-36(21-23-39(38)32-37)34-13-6-5-7-14-34/h5-33H,1-4H3. The van der Waals surface area contributed by atoms with Gasteiger partial charge in [-0.2, -0.15) is 0 Å². The van der Waals surface area contributed by atoms with Crippen LogP contribution in [0.4, 0.5) is 17.1 Å². The SMILES string of the molecule is CC1(C)c2ccccc2-c2ccc(N(c3ccc(-c4ccc5cc(-c6ccccc6)ccc5c4)cc3)c3cccc4c3-c3ccccc3C4(C)C)cc21. The number of fused-ring (bicyclic) bond motifs is 7. The summed E-state index contributed by atoms with van der Waals surface area (Å²) in [5, 5.41) is 2.50. The first kappa shape index (κ1) is 31.5. The van der Waals surface area contributed by atoms with Gasteiger partial charge in [-0.1, -0.05) is 161 Å². The molecule has 0 heterocycles. The van der Waals surface area contributed by atoms with Crippen LogP contribution < -0.4 is 4.90 Å². The lowest BCUT2D eigenvalue weighted by Crippen LogP contribution is -2.17. The Bertz CT molecular complexity index is 2710. The van der Waals surface area contributed by atoms with Crippen molar-refractivity contribution in [2.24, 2.45) is 0 Å². The zero-order valence-electron chi connectivity index (χ0n) is 30.7. The van der Waals surface area contributed by atoms with Crippen molar-refractivity contribution in [2.45, 2.75) is 38.5 Å². The van der Waals surface area contributed by atoms with Crippen LogP contribution >= 0.6 is 0 Å². The molecule has 8 aromatic rings. The summed E-state index contributed by atoms with van der Waals surface area (Å²) in [6, 6.07) is 65.3. The number of hydrogen-bond donors (Lipinski definition) is 0. The smallest absolute Gasteiger partial charge is 0.0543 e. The fraction of sp³-hybridized carbons (Fsp3) is 0.115. The number of hydrogen-bond acceptors (Lipinski definition) is 1. The fourth-order valence-electron chi connectivity index (χ4n) is 9.22. The van der Waals surface area contributed by atoms with E-state index >= 15 is 0 Å². The van der Waals surface area contributed by atoms with E-state index in [4.69, 9.17) is 0 Å². The molecule has 2 aliphatic carbocycles. The molecule has 0 unspecified atom stereocenters. The predicted octanol–water partition coefficient (Wildman–Crippen LogP) is 14.3. The Kier molecular flexibility index (Phi) is 6.94. The van der Waals surface area contributed by atoms with Gasteiger partial charge in [0.25, 0.3) is 0 Å². The number of benzene rings is 8. The van der Waals surface area contributed by atoms with Crippen molar-refractivity contribution in [3.05, 3.63) is 198 Å². The van der Waals surface area contributed by atoms with Gasteiger partial charge in [0.05, 0.1) is 5.69 Å². The Labute approximate surface area is 312 Å². The molecule has 254 valence electrons. The highest BCUT2D eigenvalue weighted by molar-refractivity contribution is 5.96. The molecule has 53 heavy (non-hydrogen) atoms. The average Bonchev–Trinajstić information content (AvgIpc) is 3.58. The normalized spacial score (nSPS) is 14.3. The summed E-state index contributed by atoms with van der Waals surface area (Å²) in [7, 11) is 0.